The van der Waals surface area contributed by atoms with E-state index in [-0.39, 0.29) is 6.10 Å². The summed E-state index contributed by atoms with van der Waals surface area (Å²) in [6.45, 7) is 0. The zero-order valence-electron chi connectivity index (χ0n) is 6.23. The first-order chi connectivity index (χ1) is 5.90. The lowest BCUT2D eigenvalue weighted by Crippen LogP contribution is -2.03. The van der Waals surface area contributed by atoms with Gasteiger partial charge in [0.2, 0.25) is 6.10 Å². The lowest BCUT2D eigenvalue weighted by Gasteiger charge is -1.92. The van der Waals surface area contributed by atoms with Crippen LogP contribution in [0.25, 0.3) is 0 Å². The largest absolute Gasteiger partial charge is 0.376 e. The topological polar surface area (TPSA) is 45.4 Å². The molecule has 0 fully saturated rings. The van der Waals surface area contributed by atoms with E-state index in [0.717, 1.165) is 10.6 Å². The molecule has 0 amide bonds. The van der Waals surface area contributed by atoms with Gasteiger partial charge < -0.3 is 4.84 Å². The van der Waals surface area contributed by atoms with Gasteiger partial charge in [-0.05, 0) is 11.4 Å². The Morgan fingerprint density at radius 1 is 1.75 bits per heavy atom. The second kappa shape index (κ2) is 2.95. The SMILES string of the molecule is N#CC1CC(c2cccs2)=NO1. The summed E-state index contributed by atoms with van der Waals surface area (Å²) >= 11 is 1.61. The highest BCUT2D eigenvalue weighted by atomic mass is 32.1. The number of thiophene rings is 1. The quantitative estimate of drug-likeness (QED) is 0.657. The van der Waals surface area contributed by atoms with Crippen LogP contribution >= 0.6 is 11.3 Å². The van der Waals surface area contributed by atoms with Gasteiger partial charge in [-0.25, -0.2) is 0 Å². The van der Waals surface area contributed by atoms with Crippen molar-refractivity contribution in [2.75, 3.05) is 0 Å². The molecular weight excluding hydrogens is 172 g/mol. The van der Waals surface area contributed by atoms with Gasteiger partial charge >= 0.3 is 0 Å². The average molecular weight is 178 g/mol. The molecule has 0 saturated heterocycles. The van der Waals surface area contributed by atoms with Crippen molar-refractivity contribution in [3.63, 3.8) is 0 Å². The summed E-state index contributed by atoms with van der Waals surface area (Å²) in [6, 6.07) is 5.96. The number of nitrogens with zero attached hydrogens (tertiary/aromatic N) is 2. The minimum atomic E-state index is -0.387. The van der Waals surface area contributed by atoms with Crippen LogP contribution in [-0.4, -0.2) is 11.8 Å². The molecule has 0 N–H and O–H groups in total. The number of hydrogen-bond donors (Lipinski definition) is 0. The van der Waals surface area contributed by atoms with Gasteiger partial charge in [0.1, 0.15) is 11.8 Å². The van der Waals surface area contributed by atoms with Crippen molar-refractivity contribution in [2.45, 2.75) is 12.5 Å². The number of oxime groups is 1. The molecule has 1 aliphatic rings. The minimum Gasteiger partial charge on any atom is -0.376 e. The zero-order chi connectivity index (χ0) is 8.39. The van der Waals surface area contributed by atoms with Crippen molar-refractivity contribution in [2.24, 2.45) is 5.16 Å². The number of nitriles is 1. The Kier molecular flexibility index (Phi) is 1.80. The van der Waals surface area contributed by atoms with Crippen molar-refractivity contribution in [3.8, 4) is 6.07 Å². The summed E-state index contributed by atoms with van der Waals surface area (Å²) < 4.78 is 0. The highest BCUT2D eigenvalue weighted by Gasteiger charge is 2.21. The predicted molar refractivity (Wildman–Crippen MR) is 46.0 cm³/mol. The fourth-order valence-corrected chi connectivity index (χ4v) is 1.75. The van der Waals surface area contributed by atoms with Gasteiger partial charge in [0.15, 0.2) is 0 Å². The fourth-order valence-electron chi connectivity index (χ4n) is 1.03. The van der Waals surface area contributed by atoms with E-state index in [1.165, 1.54) is 0 Å². The molecule has 4 heteroatoms. The maximum Gasteiger partial charge on any atom is 0.218 e. The first kappa shape index (κ1) is 7.32. The lowest BCUT2D eigenvalue weighted by atomic mass is 10.2. The summed E-state index contributed by atoms with van der Waals surface area (Å²) in [5.41, 5.74) is 0.886. The third kappa shape index (κ3) is 1.19. The Bertz CT molecular complexity index is 336. The van der Waals surface area contributed by atoms with Gasteiger partial charge in [0, 0.05) is 6.42 Å². The molecule has 1 atom stereocenters. The van der Waals surface area contributed by atoms with Crippen LogP contribution in [0, 0.1) is 11.3 Å². The third-order valence-electron chi connectivity index (χ3n) is 1.62. The van der Waals surface area contributed by atoms with Crippen molar-refractivity contribution >= 4 is 17.0 Å². The van der Waals surface area contributed by atoms with Crippen molar-refractivity contribution in [1.29, 1.82) is 5.26 Å². The van der Waals surface area contributed by atoms with Crippen molar-refractivity contribution < 1.29 is 4.84 Å². The smallest absolute Gasteiger partial charge is 0.218 e. The summed E-state index contributed by atoms with van der Waals surface area (Å²) in [7, 11) is 0. The second-order valence-electron chi connectivity index (χ2n) is 2.44. The predicted octanol–water partition coefficient (Wildman–Crippen LogP) is 1.76. The van der Waals surface area contributed by atoms with Crippen LogP contribution in [0.2, 0.25) is 0 Å². The van der Waals surface area contributed by atoms with Crippen LogP contribution in [0.15, 0.2) is 22.7 Å². The van der Waals surface area contributed by atoms with E-state index in [9.17, 15) is 0 Å². The van der Waals surface area contributed by atoms with E-state index >= 15 is 0 Å². The normalized spacial score (nSPS) is 21.2. The molecule has 12 heavy (non-hydrogen) atoms. The summed E-state index contributed by atoms with van der Waals surface area (Å²) in [6.07, 6.45) is 0.221. The molecule has 0 bridgehead atoms. The maximum atomic E-state index is 8.54. The molecule has 1 aromatic heterocycles. The molecule has 1 aromatic rings. The molecule has 1 aliphatic heterocycles. The maximum absolute atomic E-state index is 8.54. The van der Waals surface area contributed by atoms with Crippen molar-refractivity contribution in [1.82, 2.24) is 0 Å². The Hall–Kier alpha value is -1.34. The van der Waals surface area contributed by atoms with E-state index in [0.29, 0.717) is 6.42 Å². The average Bonchev–Trinajstić information content (AvgIpc) is 2.75. The minimum absolute atomic E-state index is 0.387. The van der Waals surface area contributed by atoms with Gasteiger partial charge in [-0.3, -0.25) is 0 Å². The lowest BCUT2D eigenvalue weighted by molar-refractivity contribution is 0.125. The van der Waals surface area contributed by atoms with E-state index in [2.05, 4.69) is 5.16 Å². The first-order valence-electron chi connectivity index (χ1n) is 3.56. The molecule has 0 spiro atoms. The first-order valence-corrected chi connectivity index (χ1v) is 4.44. The van der Waals surface area contributed by atoms with Gasteiger partial charge in [0.05, 0.1) is 4.88 Å². The Morgan fingerprint density at radius 3 is 3.25 bits per heavy atom. The van der Waals surface area contributed by atoms with E-state index in [4.69, 9.17) is 10.1 Å². The second-order valence-corrected chi connectivity index (χ2v) is 3.39. The van der Waals surface area contributed by atoms with E-state index in [1.807, 2.05) is 23.6 Å². The molecule has 0 aliphatic carbocycles. The van der Waals surface area contributed by atoms with Crippen molar-refractivity contribution in [3.05, 3.63) is 22.4 Å². The molecule has 2 rings (SSSR count). The Labute approximate surface area is 73.9 Å². The molecule has 60 valence electrons. The van der Waals surface area contributed by atoms with Crippen LogP contribution in [-0.2, 0) is 4.84 Å². The highest BCUT2D eigenvalue weighted by molar-refractivity contribution is 7.12. The Balaban J connectivity index is 2.15. The van der Waals surface area contributed by atoms with Gasteiger partial charge in [-0.1, -0.05) is 11.2 Å². The monoisotopic (exact) mass is 178 g/mol. The van der Waals surface area contributed by atoms with Crippen LogP contribution in [0.1, 0.15) is 11.3 Å². The van der Waals surface area contributed by atoms with Gasteiger partial charge in [-0.2, -0.15) is 5.26 Å². The number of rotatable bonds is 1. The summed E-state index contributed by atoms with van der Waals surface area (Å²) in [4.78, 5) is 5.96. The molecule has 2 heterocycles. The van der Waals surface area contributed by atoms with Crippen LogP contribution < -0.4 is 0 Å². The molecule has 0 saturated carbocycles. The van der Waals surface area contributed by atoms with Crippen LogP contribution in [0.4, 0.5) is 0 Å². The third-order valence-corrected chi connectivity index (χ3v) is 2.54. The zero-order valence-corrected chi connectivity index (χ0v) is 7.04. The van der Waals surface area contributed by atoms with Crippen LogP contribution in [0.5, 0.6) is 0 Å². The molecule has 3 nitrogen and oxygen atoms in total. The van der Waals surface area contributed by atoms with E-state index in [1.54, 1.807) is 11.3 Å². The highest BCUT2D eigenvalue weighted by Crippen LogP contribution is 2.19. The molecule has 0 radical (unpaired) electrons. The molecule has 1 unspecified atom stereocenters. The summed E-state index contributed by atoms with van der Waals surface area (Å²) in [5, 5.41) is 14.4. The molecular formula is C8H6N2OS. The van der Waals surface area contributed by atoms with Crippen LogP contribution in [0.3, 0.4) is 0 Å². The fraction of sp³-hybridized carbons (Fsp3) is 0.250. The van der Waals surface area contributed by atoms with E-state index < -0.39 is 0 Å². The summed E-state index contributed by atoms with van der Waals surface area (Å²) in [5.74, 6) is 0. The van der Waals surface area contributed by atoms with Gasteiger partial charge in [0.25, 0.3) is 0 Å². The Morgan fingerprint density at radius 2 is 2.67 bits per heavy atom. The standard InChI is InChI=1S/C8H6N2OS/c9-5-6-4-7(10-11-6)8-2-1-3-12-8/h1-3,6H,4H2. The van der Waals surface area contributed by atoms with Gasteiger partial charge in [-0.15, -0.1) is 11.3 Å². The number of hydrogen-bond acceptors (Lipinski definition) is 4. The molecule has 0 aromatic carbocycles.